The molecule has 2 N–H and O–H groups in total. The number of rotatable bonds is 5. The highest BCUT2D eigenvalue weighted by Gasteiger charge is 2.35. The molecule has 2 aliphatic heterocycles. The summed E-state index contributed by atoms with van der Waals surface area (Å²) in [6, 6.07) is 0. The number of carbonyl (C=O) groups excluding carboxylic acids is 1. The summed E-state index contributed by atoms with van der Waals surface area (Å²) in [7, 11) is 0. The monoisotopic (exact) mass is 310 g/mol. The molecule has 2 atom stereocenters. The molecule has 1 amide bonds. The van der Waals surface area contributed by atoms with E-state index >= 15 is 0 Å². The lowest BCUT2D eigenvalue weighted by atomic mass is 9.78. The lowest BCUT2D eigenvalue weighted by molar-refractivity contribution is -0.123. The van der Waals surface area contributed by atoms with Crippen LogP contribution in [0.5, 0.6) is 0 Å². The number of piperidine rings is 1. The third-order valence-electron chi connectivity index (χ3n) is 5.10. The number of ether oxygens (including phenoxy) is 1. The van der Waals surface area contributed by atoms with Gasteiger partial charge in [0.15, 0.2) is 0 Å². The summed E-state index contributed by atoms with van der Waals surface area (Å²) in [5, 5.41) is 6.53. The van der Waals surface area contributed by atoms with Crippen LogP contribution in [0, 0.1) is 17.3 Å². The Balaban J connectivity index is 1.70. The summed E-state index contributed by atoms with van der Waals surface area (Å²) in [5.74, 6) is 1.40. The predicted octanol–water partition coefficient (Wildman–Crippen LogP) is 2.72. The second-order valence-electron chi connectivity index (χ2n) is 8.10. The first-order valence-electron chi connectivity index (χ1n) is 9.06. The Hall–Kier alpha value is -0.610. The predicted molar refractivity (Wildman–Crippen MR) is 89.8 cm³/mol. The molecule has 2 fully saturated rings. The third-order valence-corrected chi connectivity index (χ3v) is 5.10. The van der Waals surface area contributed by atoms with Crippen LogP contribution in [0.25, 0.3) is 0 Å². The molecular weight excluding hydrogens is 276 g/mol. The second kappa shape index (κ2) is 8.30. The van der Waals surface area contributed by atoms with Crippen LogP contribution in [0.3, 0.4) is 0 Å². The van der Waals surface area contributed by atoms with Crippen molar-refractivity contribution in [2.75, 3.05) is 26.2 Å². The van der Waals surface area contributed by atoms with Crippen molar-refractivity contribution in [2.24, 2.45) is 17.3 Å². The van der Waals surface area contributed by atoms with Crippen molar-refractivity contribution < 1.29 is 9.53 Å². The van der Waals surface area contributed by atoms with Crippen LogP contribution in [0.4, 0.5) is 0 Å². The first-order valence-corrected chi connectivity index (χ1v) is 9.06. The van der Waals surface area contributed by atoms with Gasteiger partial charge in [-0.2, -0.15) is 0 Å². The van der Waals surface area contributed by atoms with Gasteiger partial charge in [-0.25, -0.2) is 0 Å². The molecule has 0 aromatic rings. The Morgan fingerprint density at radius 1 is 1.23 bits per heavy atom. The lowest BCUT2D eigenvalue weighted by Crippen LogP contribution is -2.45. The molecule has 4 heteroatoms. The fourth-order valence-corrected chi connectivity index (χ4v) is 3.85. The topological polar surface area (TPSA) is 50.4 Å². The van der Waals surface area contributed by atoms with Gasteiger partial charge in [-0.15, -0.1) is 0 Å². The van der Waals surface area contributed by atoms with Gasteiger partial charge in [-0.1, -0.05) is 20.8 Å². The maximum Gasteiger partial charge on any atom is 0.220 e. The normalized spacial score (nSPS) is 27.6. The molecule has 128 valence electrons. The minimum absolute atomic E-state index is 0.144. The van der Waals surface area contributed by atoms with Crippen molar-refractivity contribution in [1.82, 2.24) is 10.6 Å². The fraction of sp³-hybridized carbons (Fsp3) is 0.944. The standard InChI is InChI=1S/C18H34N2O2/c1-18(2,3)17-15(5-4-12-22-17)13-20-16(21)7-6-14-8-10-19-11-9-14/h14-15,17,19H,4-13H2,1-3H3,(H,20,21). The molecule has 0 aromatic carbocycles. The third kappa shape index (κ3) is 5.54. The van der Waals surface area contributed by atoms with E-state index in [2.05, 4.69) is 31.4 Å². The van der Waals surface area contributed by atoms with Crippen molar-refractivity contribution in [1.29, 1.82) is 0 Å². The van der Waals surface area contributed by atoms with Crippen molar-refractivity contribution in [3.05, 3.63) is 0 Å². The van der Waals surface area contributed by atoms with Gasteiger partial charge in [0.25, 0.3) is 0 Å². The van der Waals surface area contributed by atoms with Gasteiger partial charge in [0.2, 0.25) is 5.91 Å². The second-order valence-corrected chi connectivity index (χ2v) is 8.10. The highest BCUT2D eigenvalue weighted by molar-refractivity contribution is 5.75. The van der Waals surface area contributed by atoms with E-state index in [1.54, 1.807) is 0 Å². The molecule has 0 aromatic heterocycles. The van der Waals surface area contributed by atoms with Crippen LogP contribution in [-0.2, 0) is 9.53 Å². The number of hydrogen-bond donors (Lipinski definition) is 2. The number of hydrogen-bond acceptors (Lipinski definition) is 3. The number of nitrogens with one attached hydrogen (secondary N) is 2. The highest BCUT2D eigenvalue weighted by Crippen LogP contribution is 2.33. The molecule has 0 spiro atoms. The quantitative estimate of drug-likeness (QED) is 0.821. The molecule has 2 unspecified atom stereocenters. The average molecular weight is 310 g/mol. The maximum atomic E-state index is 12.1. The van der Waals surface area contributed by atoms with Gasteiger partial charge in [0.05, 0.1) is 6.10 Å². The van der Waals surface area contributed by atoms with Crippen LogP contribution in [-0.4, -0.2) is 38.3 Å². The van der Waals surface area contributed by atoms with Crippen molar-refractivity contribution in [3.8, 4) is 0 Å². The van der Waals surface area contributed by atoms with E-state index in [9.17, 15) is 4.79 Å². The zero-order valence-electron chi connectivity index (χ0n) is 14.6. The van der Waals surface area contributed by atoms with Crippen molar-refractivity contribution in [3.63, 3.8) is 0 Å². The van der Waals surface area contributed by atoms with E-state index < -0.39 is 0 Å². The van der Waals surface area contributed by atoms with E-state index in [1.807, 2.05) is 0 Å². The molecule has 0 radical (unpaired) electrons. The Morgan fingerprint density at radius 3 is 2.64 bits per heavy atom. The molecule has 2 saturated heterocycles. The Kier molecular flexibility index (Phi) is 6.69. The first-order chi connectivity index (χ1) is 10.5. The van der Waals surface area contributed by atoms with Crippen LogP contribution < -0.4 is 10.6 Å². The smallest absolute Gasteiger partial charge is 0.220 e. The summed E-state index contributed by atoms with van der Waals surface area (Å²) in [6.45, 7) is 10.5. The van der Waals surface area contributed by atoms with Crippen molar-refractivity contribution in [2.45, 2.75) is 65.4 Å². The summed E-state index contributed by atoms with van der Waals surface area (Å²) in [5.41, 5.74) is 0.144. The fourth-order valence-electron chi connectivity index (χ4n) is 3.85. The zero-order valence-corrected chi connectivity index (χ0v) is 14.6. The van der Waals surface area contributed by atoms with Crippen LogP contribution in [0.15, 0.2) is 0 Å². The first kappa shape index (κ1) is 17.7. The van der Waals surface area contributed by atoms with Crippen LogP contribution in [0.1, 0.15) is 59.3 Å². The Labute approximate surface area is 135 Å². The van der Waals surface area contributed by atoms with E-state index in [4.69, 9.17) is 4.74 Å². The summed E-state index contributed by atoms with van der Waals surface area (Å²) in [4.78, 5) is 12.1. The van der Waals surface area contributed by atoms with Gasteiger partial charge in [-0.05, 0) is 56.5 Å². The van der Waals surface area contributed by atoms with Gasteiger partial charge >= 0.3 is 0 Å². The summed E-state index contributed by atoms with van der Waals surface area (Å²) in [6.07, 6.45) is 6.69. The Bertz CT molecular complexity index is 345. The molecule has 0 bridgehead atoms. The van der Waals surface area contributed by atoms with Gasteiger partial charge < -0.3 is 15.4 Å². The molecule has 2 rings (SSSR count). The average Bonchev–Trinajstić information content (AvgIpc) is 2.51. The number of carbonyl (C=O) groups is 1. The largest absolute Gasteiger partial charge is 0.377 e. The molecule has 2 heterocycles. The SMILES string of the molecule is CC(C)(C)C1OCCCC1CNC(=O)CCC1CCNCC1. The number of amides is 1. The Morgan fingerprint density at radius 2 is 1.95 bits per heavy atom. The summed E-state index contributed by atoms with van der Waals surface area (Å²) >= 11 is 0. The molecule has 0 aliphatic carbocycles. The zero-order chi connectivity index (χ0) is 16.0. The molecule has 2 aliphatic rings. The van der Waals surface area contributed by atoms with Crippen LogP contribution >= 0.6 is 0 Å². The maximum absolute atomic E-state index is 12.1. The van der Waals surface area contributed by atoms with Gasteiger partial charge in [0, 0.05) is 25.5 Å². The van der Waals surface area contributed by atoms with E-state index in [0.29, 0.717) is 12.3 Å². The highest BCUT2D eigenvalue weighted by atomic mass is 16.5. The van der Waals surface area contributed by atoms with E-state index in [-0.39, 0.29) is 17.4 Å². The minimum Gasteiger partial charge on any atom is -0.377 e. The van der Waals surface area contributed by atoms with Crippen LogP contribution in [0.2, 0.25) is 0 Å². The molecule has 22 heavy (non-hydrogen) atoms. The van der Waals surface area contributed by atoms with E-state index in [1.165, 1.54) is 12.8 Å². The molecule has 0 saturated carbocycles. The van der Waals surface area contributed by atoms with E-state index in [0.717, 1.165) is 51.4 Å². The lowest BCUT2D eigenvalue weighted by Gasteiger charge is -2.40. The van der Waals surface area contributed by atoms with Crippen molar-refractivity contribution >= 4 is 5.91 Å². The molecular formula is C18H34N2O2. The minimum atomic E-state index is 0.144. The molecule has 4 nitrogen and oxygen atoms in total. The van der Waals surface area contributed by atoms with Gasteiger partial charge in [-0.3, -0.25) is 4.79 Å². The summed E-state index contributed by atoms with van der Waals surface area (Å²) < 4.78 is 5.98. The van der Waals surface area contributed by atoms with Gasteiger partial charge in [0.1, 0.15) is 0 Å².